The van der Waals surface area contributed by atoms with Crippen molar-refractivity contribution in [1.29, 1.82) is 0 Å². The highest BCUT2D eigenvalue weighted by molar-refractivity contribution is 14.0. The summed E-state index contributed by atoms with van der Waals surface area (Å²) in [6.07, 6.45) is 1.90. The van der Waals surface area contributed by atoms with Crippen LogP contribution in [-0.4, -0.2) is 47.7 Å². The quantitative estimate of drug-likeness (QED) is 0.311. The lowest BCUT2D eigenvalue weighted by Gasteiger charge is -2.21. The highest BCUT2D eigenvalue weighted by atomic mass is 127. The molecule has 0 amide bonds. The van der Waals surface area contributed by atoms with E-state index >= 15 is 0 Å². The standard InChI is InChI=1S/C21H30N4O2.HI/c1-3-22-21(23-13-19(26)20-10-7-11-27-20)24-18-12-16(2)25(15-18)14-17-8-5-4-6-9-17;/h4-11,16,18-19,26H,3,12-15H2,1-2H3,(H2,22,23,24);1H. The van der Waals surface area contributed by atoms with Gasteiger partial charge in [0.2, 0.25) is 0 Å². The van der Waals surface area contributed by atoms with Crippen molar-refractivity contribution in [1.82, 2.24) is 15.5 Å². The van der Waals surface area contributed by atoms with Gasteiger partial charge in [-0.15, -0.1) is 24.0 Å². The molecule has 2 aromatic rings. The molecule has 1 aliphatic rings. The molecule has 0 radical (unpaired) electrons. The van der Waals surface area contributed by atoms with Crippen molar-refractivity contribution >= 4 is 29.9 Å². The third-order valence-electron chi connectivity index (χ3n) is 4.91. The Bertz CT molecular complexity index is 708. The fourth-order valence-corrected chi connectivity index (χ4v) is 3.50. The first-order chi connectivity index (χ1) is 13.2. The van der Waals surface area contributed by atoms with Crippen LogP contribution in [0, 0.1) is 0 Å². The van der Waals surface area contributed by atoms with E-state index in [1.54, 1.807) is 18.4 Å². The maximum absolute atomic E-state index is 10.2. The number of halogens is 1. The number of likely N-dealkylation sites (tertiary alicyclic amines) is 1. The Kier molecular flexibility index (Phi) is 9.27. The van der Waals surface area contributed by atoms with Crippen LogP contribution in [0.2, 0.25) is 0 Å². The van der Waals surface area contributed by atoms with E-state index in [2.05, 4.69) is 57.8 Å². The van der Waals surface area contributed by atoms with E-state index in [-0.39, 0.29) is 30.5 Å². The summed E-state index contributed by atoms with van der Waals surface area (Å²) in [7, 11) is 0. The molecule has 1 fully saturated rings. The molecule has 1 aromatic carbocycles. The summed E-state index contributed by atoms with van der Waals surface area (Å²) < 4.78 is 5.24. The van der Waals surface area contributed by atoms with Crippen LogP contribution in [0.25, 0.3) is 0 Å². The SMILES string of the molecule is CCNC(=NCC(O)c1ccco1)NC1CC(C)N(Cc2ccccc2)C1.I. The summed E-state index contributed by atoms with van der Waals surface area (Å²) in [4.78, 5) is 7.03. The van der Waals surface area contributed by atoms with Crippen LogP contribution in [0.15, 0.2) is 58.1 Å². The van der Waals surface area contributed by atoms with Crippen LogP contribution in [0.3, 0.4) is 0 Å². The molecule has 1 aromatic heterocycles. The Hall–Kier alpha value is -1.58. The van der Waals surface area contributed by atoms with Crippen molar-refractivity contribution in [3.63, 3.8) is 0 Å². The lowest BCUT2D eigenvalue weighted by Crippen LogP contribution is -2.44. The third-order valence-corrected chi connectivity index (χ3v) is 4.91. The molecule has 2 heterocycles. The minimum absolute atomic E-state index is 0. The van der Waals surface area contributed by atoms with Gasteiger partial charge in [0.25, 0.3) is 0 Å². The van der Waals surface area contributed by atoms with E-state index in [1.807, 2.05) is 6.92 Å². The molecule has 0 spiro atoms. The largest absolute Gasteiger partial charge is 0.467 e. The number of guanidine groups is 1. The monoisotopic (exact) mass is 498 g/mol. The number of hydrogen-bond acceptors (Lipinski definition) is 4. The molecule has 3 rings (SSSR count). The second-order valence-corrected chi connectivity index (χ2v) is 7.09. The number of aliphatic hydroxyl groups is 1. The van der Waals surface area contributed by atoms with Crippen molar-refractivity contribution in [2.75, 3.05) is 19.6 Å². The fourth-order valence-electron chi connectivity index (χ4n) is 3.50. The number of aliphatic hydroxyl groups excluding tert-OH is 1. The first-order valence-corrected chi connectivity index (χ1v) is 9.70. The first kappa shape index (κ1) is 22.7. The molecule has 1 saturated heterocycles. The number of nitrogens with one attached hydrogen (secondary N) is 2. The maximum atomic E-state index is 10.2. The summed E-state index contributed by atoms with van der Waals surface area (Å²) in [6, 6.07) is 15.0. The van der Waals surface area contributed by atoms with Crippen LogP contribution < -0.4 is 10.6 Å². The van der Waals surface area contributed by atoms with Crippen molar-refractivity contribution in [3.05, 3.63) is 60.1 Å². The highest BCUT2D eigenvalue weighted by Gasteiger charge is 2.29. The van der Waals surface area contributed by atoms with Crippen LogP contribution in [0.1, 0.15) is 37.7 Å². The zero-order valence-corrected chi connectivity index (χ0v) is 18.9. The minimum Gasteiger partial charge on any atom is -0.467 e. The number of hydrogen-bond donors (Lipinski definition) is 3. The van der Waals surface area contributed by atoms with Gasteiger partial charge < -0.3 is 20.2 Å². The predicted molar refractivity (Wildman–Crippen MR) is 123 cm³/mol. The number of benzene rings is 1. The third kappa shape index (κ3) is 6.49. The number of rotatable bonds is 7. The first-order valence-electron chi connectivity index (χ1n) is 9.70. The molecule has 6 nitrogen and oxygen atoms in total. The zero-order valence-electron chi connectivity index (χ0n) is 16.5. The highest BCUT2D eigenvalue weighted by Crippen LogP contribution is 2.20. The summed E-state index contributed by atoms with van der Waals surface area (Å²) in [5.74, 6) is 1.28. The average molecular weight is 498 g/mol. The Morgan fingerprint density at radius 1 is 1.29 bits per heavy atom. The van der Waals surface area contributed by atoms with E-state index in [0.29, 0.717) is 17.8 Å². The minimum atomic E-state index is -0.729. The van der Waals surface area contributed by atoms with Gasteiger partial charge in [0.05, 0.1) is 12.8 Å². The normalized spacial score (nSPS) is 21.2. The fraction of sp³-hybridized carbons (Fsp3) is 0.476. The van der Waals surface area contributed by atoms with Gasteiger partial charge in [-0.05, 0) is 38.0 Å². The van der Waals surface area contributed by atoms with Gasteiger partial charge in [-0.3, -0.25) is 9.89 Å². The van der Waals surface area contributed by atoms with Gasteiger partial charge in [-0.2, -0.15) is 0 Å². The molecular formula is C21H31IN4O2. The average Bonchev–Trinajstić information content (AvgIpc) is 3.31. The molecule has 7 heteroatoms. The molecule has 1 aliphatic heterocycles. The molecule has 0 bridgehead atoms. The Morgan fingerprint density at radius 2 is 2.07 bits per heavy atom. The summed E-state index contributed by atoms with van der Waals surface area (Å²) in [6.45, 7) is 7.29. The van der Waals surface area contributed by atoms with Crippen molar-refractivity contribution in [2.45, 2.75) is 45.0 Å². The number of aliphatic imine (C=N–C) groups is 1. The molecular weight excluding hydrogens is 467 g/mol. The smallest absolute Gasteiger partial charge is 0.191 e. The van der Waals surface area contributed by atoms with Crippen LogP contribution >= 0.6 is 24.0 Å². The van der Waals surface area contributed by atoms with E-state index in [9.17, 15) is 5.11 Å². The lowest BCUT2D eigenvalue weighted by atomic mass is 10.2. The van der Waals surface area contributed by atoms with Crippen LogP contribution in [0.4, 0.5) is 0 Å². The van der Waals surface area contributed by atoms with E-state index in [4.69, 9.17) is 4.42 Å². The molecule has 0 saturated carbocycles. The summed E-state index contributed by atoms with van der Waals surface area (Å²) >= 11 is 0. The second-order valence-electron chi connectivity index (χ2n) is 7.09. The van der Waals surface area contributed by atoms with Gasteiger partial charge in [-0.25, -0.2) is 0 Å². The van der Waals surface area contributed by atoms with Crippen LogP contribution in [0.5, 0.6) is 0 Å². The number of nitrogens with zero attached hydrogens (tertiary/aromatic N) is 2. The molecule has 154 valence electrons. The molecule has 3 atom stereocenters. The summed E-state index contributed by atoms with van der Waals surface area (Å²) in [5.41, 5.74) is 1.34. The van der Waals surface area contributed by atoms with E-state index in [0.717, 1.165) is 32.0 Å². The Morgan fingerprint density at radius 3 is 2.75 bits per heavy atom. The molecule has 3 N–H and O–H groups in total. The second kappa shape index (κ2) is 11.4. The van der Waals surface area contributed by atoms with Gasteiger partial charge in [-0.1, -0.05) is 30.3 Å². The van der Waals surface area contributed by atoms with Gasteiger partial charge in [0, 0.05) is 31.7 Å². The number of furan rings is 1. The Balaban J connectivity index is 0.00000280. The van der Waals surface area contributed by atoms with Crippen LogP contribution in [-0.2, 0) is 6.54 Å². The van der Waals surface area contributed by atoms with Gasteiger partial charge >= 0.3 is 0 Å². The summed E-state index contributed by atoms with van der Waals surface area (Å²) in [5, 5.41) is 17.0. The Labute approximate surface area is 184 Å². The predicted octanol–water partition coefficient (Wildman–Crippen LogP) is 3.15. The van der Waals surface area contributed by atoms with E-state index in [1.165, 1.54) is 5.56 Å². The van der Waals surface area contributed by atoms with Crippen molar-refractivity contribution < 1.29 is 9.52 Å². The van der Waals surface area contributed by atoms with E-state index < -0.39 is 6.10 Å². The maximum Gasteiger partial charge on any atom is 0.191 e. The lowest BCUT2D eigenvalue weighted by molar-refractivity contribution is 0.158. The van der Waals surface area contributed by atoms with Crippen molar-refractivity contribution in [3.8, 4) is 0 Å². The van der Waals surface area contributed by atoms with Gasteiger partial charge in [0.1, 0.15) is 11.9 Å². The van der Waals surface area contributed by atoms with Gasteiger partial charge in [0.15, 0.2) is 5.96 Å². The molecule has 28 heavy (non-hydrogen) atoms. The van der Waals surface area contributed by atoms with Crippen molar-refractivity contribution in [2.24, 2.45) is 4.99 Å². The molecule has 0 aliphatic carbocycles. The topological polar surface area (TPSA) is 73.0 Å². The molecule has 3 unspecified atom stereocenters. The zero-order chi connectivity index (χ0) is 19.1.